The number of nitrogens with zero attached hydrogens (tertiary/aromatic N) is 1. The smallest absolute Gasteiger partial charge is 0.408 e. The van der Waals surface area contributed by atoms with E-state index in [1.165, 1.54) is 6.42 Å². The molecule has 45 heavy (non-hydrogen) atoms. The summed E-state index contributed by atoms with van der Waals surface area (Å²) in [6.07, 6.45) is 5.58. The minimum absolute atomic E-state index is 0.236. The average molecular weight is 616 g/mol. The van der Waals surface area contributed by atoms with Gasteiger partial charge in [-0.2, -0.15) is 0 Å². The predicted octanol–water partition coefficient (Wildman–Crippen LogP) is 8.87. The Morgan fingerprint density at radius 2 is 1.44 bits per heavy atom. The van der Waals surface area contributed by atoms with Gasteiger partial charge in [-0.25, -0.2) is 4.79 Å². The summed E-state index contributed by atoms with van der Waals surface area (Å²) in [6.45, 7) is 15.7. The summed E-state index contributed by atoms with van der Waals surface area (Å²) in [6, 6.07) is 18.1. The lowest BCUT2D eigenvalue weighted by Gasteiger charge is -2.36. The molecule has 0 bridgehead atoms. The lowest BCUT2D eigenvalue weighted by molar-refractivity contribution is -0.141. The van der Waals surface area contributed by atoms with Crippen molar-refractivity contribution in [2.24, 2.45) is 5.92 Å². The fraction of sp³-hybridized carbons (Fsp3) is 0.500. The van der Waals surface area contributed by atoms with Crippen LogP contribution in [0.15, 0.2) is 60.7 Å². The molecule has 0 spiro atoms. The molecule has 3 aromatic rings. The van der Waals surface area contributed by atoms with Gasteiger partial charge in [-0.15, -0.1) is 0 Å². The number of carbonyl (C=O) groups is 3. The van der Waals surface area contributed by atoms with Gasteiger partial charge in [0.05, 0.1) is 0 Å². The van der Waals surface area contributed by atoms with Crippen molar-refractivity contribution in [2.75, 3.05) is 11.9 Å². The quantitative estimate of drug-likeness (QED) is 0.177. The molecule has 0 fully saturated rings. The molecule has 0 saturated carbocycles. The Bertz CT molecular complexity index is 1420. The van der Waals surface area contributed by atoms with E-state index in [0.717, 1.165) is 59.6 Å². The van der Waals surface area contributed by atoms with Crippen LogP contribution in [0, 0.1) is 19.8 Å². The highest BCUT2D eigenvalue weighted by atomic mass is 16.6. The first-order chi connectivity index (χ1) is 21.3. The second-order valence-corrected chi connectivity index (χ2v) is 13.5. The Labute approximate surface area is 270 Å². The number of unbranched alkanes of at least 4 members (excludes halogenated alkanes) is 5. The number of rotatable bonds is 14. The maximum Gasteiger partial charge on any atom is 0.408 e. The van der Waals surface area contributed by atoms with E-state index < -0.39 is 23.8 Å². The van der Waals surface area contributed by atoms with E-state index in [2.05, 4.69) is 23.6 Å². The van der Waals surface area contributed by atoms with E-state index in [1.807, 2.05) is 82.3 Å². The van der Waals surface area contributed by atoms with Crippen molar-refractivity contribution >= 4 is 34.4 Å². The van der Waals surface area contributed by atoms with Gasteiger partial charge in [0.1, 0.15) is 17.7 Å². The number of carbonyl (C=O) groups excluding carboxylic acids is 3. The molecule has 0 radical (unpaired) electrons. The van der Waals surface area contributed by atoms with Gasteiger partial charge in [0.2, 0.25) is 5.91 Å². The standard InChI is InChI=1S/C38H53N3O4/c1-9-10-11-12-13-16-21-41(36(43)33(26(2)3)40-37(44)45-38(6,7)8)34(31-23-27(4)22-28(5)24-31)35(42)39-32-20-19-29-17-14-15-18-30(29)25-32/h14-15,17-20,22-26,33-34H,9-13,16,21H2,1-8H3,(H,39,42)(H,40,44). The second kappa shape index (κ2) is 16.4. The van der Waals surface area contributed by atoms with Gasteiger partial charge in [0.15, 0.2) is 0 Å². The van der Waals surface area contributed by atoms with Crippen molar-refractivity contribution in [1.29, 1.82) is 0 Å². The lowest BCUT2D eigenvalue weighted by atomic mass is 9.96. The van der Waals surface area contributed by atoms with E-state index in [1.54, 1.807) is 25.7 Å². The molecule has 7 nitrogen and oxygen atoms in total. The molecule has 0 aliphatic rings. The van der Waals surface area contributed by atoms with Gasteiger partial charge in [-0.3, -0.25) is 9.59 Å². The van der Waals surface area contributed by atoms with Crippen LogP contribution in [0.25, 0.3) is 10.8 Å². The van der Waals surface area contributed by atoms with Crippen LogP contribution in [0.5, 0.6) is 0 Å². The SMILES string of the molecule is CCCCCCCCN(C(=O)C(NC(=O)OC(C)(C)C)C(C)C)C(C(=O)Nc1ccc2ccccc2c1)c1cc(C)cc(C)c1. The topological polar surface area (TPSA) is 87.7 Å². The molecule has 2 N–H and O–H groups in total. The van der Waals surface area contributed by atoms with Gasteiger partial charge in [-0.05, 0) is 75.4 Å². The first-order valence-corrected chi connectivity index (χ1v) is 16.5. The summed E-state index contributed by atoms with van der Waals surface area (Å²) in [5.41, 5.74) is 2.70. The van der Waals surface area contributed by atoms with Crippen molar-refractivity contribution in [3.05, 3.63) is 77.4 Å². The van der Waals surface area contributed by atoms with E-state index in [9.17, 15) is 14.4 Å². The highest BCUT2D eigenvalue weighted by Gasteiger charge is 2.37. The number of alkyl carbamates (subject to hydrolysis) is 1. The zero-order valence-corrected chi connectivity index (χ0v) is 28.5. The highest BCUT2D eigenvalue weighted by molar-refractivity contribution is 6.00. The van der Waals surface area contributed by atoms with E-state index in [4.69, 9.17) is 4.74 Å². The van der Waals surface area contributed by atoms with Crippen LogP contribution in [0.1, 0.15) is 103 Å². The van der Waals surface area contributed by atoms with E-state index in [-0.39, 0.29) is 17.7 Å². The maximum absolute atomic E-state index is 14.5. The normalized spacial score (nSPS) is 12.9. The summed E-state index contributed by atoms with van der Waals surface area (Å²) < 4.78 is 5.52. The van der Waals surface area contributed by atoms with Gasteiger partial charge in [0, 0.05) is 12.2 Å². The molecule has 0 heterocycles. The number of ether oxygens (including phenoxy) is 1. The fourth-order valence-corrected chi connectivity index (χ4v) is 5.67. The number of anilines is 1. The molecule has 0 aromatic heterocycles. The molecule has 244 valence electrons. The van der Waals surface area contributed by atoms with Crippen LogP contribution in [0.4, 0.5) is 10.5 Å². The summed E-state index contributed by atoms with van der Waals surface area (Å²) in [4.78, 5) is 43.5. The van der Waals surface area contributed by atoms with Gasteiger partial charge < -0.3 is 20.3 Å². The number of hydrogen-bond donors (Lipinski definition) is 2. The number of fused-ring (bicyclic) bond motifs is 1. The zero-order valence-electron chi connectivity index (χ0n) is 28.5. The fourth-order valence-electron chi connectivity index (χ4n) is 5.67. The van der Waals surface area contributed by atoms with Crippen molar-refractivity contribution in [2.45, 2.75) is 112 Å². The third-order valence-corrected chi connectivity index (χ3v) is 7.78. The van der Waals surface area contributed by atoms with E-state index >= 15 is 0 Å². The van der Waals surface area contributed by atoms with Crippen molar-refractivity contribution in [1.82, 2.24) is 10.2 Å². The van der Waals surface area contributed by atoms with Crippen LogP contribution in [-0.2, 0) is 14.3 Å². The largest absolute Gasteiger partial charge is 0.444 e. The Hall–Kier alpha value is -3.87. The molecule has 3 amide bonds. The third kappa shape index (κ3) is 10.9. The molecule has 0 aliphatic carbocycles. The molecule has 0 aliphatic heterocycles. The molecule has 3 aromatic carbocycles. The molecule has 2 unspecified atom stereocenters. The van der Waals surface area contributed by atoms with Crippen molar-refractivity contribution < 1.29 is 19.1 Å². The summed E-state index contributed by atoms with van der Waals surface area (Å²) in [7, 11) is 0. The first kappa shape index (κ1) is 35.6. The second-order valence-electron chi connectivity index (χ2n) is 13.5. The number of aryl methyl sites for hydroxylation is 2. The zero-order chi connectivity index (χ0) is 33.1. The molecule has 2 atom stereocenters. The number of hydrogen-bond acceptors (Lipinski definition) is 4. The van der Waals surface area contributed by atoms with Gasteiger partial charge >= 0.3 is 6.09 Å². The van der Waals surface area contributed by atoms with Gasteiger partial charge in [-0.1, -0.05) is 113 Å². The Morgan fingerprint density at radius 1 is 0.822 bits per heavy atom. The monoisotopic (exact) mass is 615 g/mol. The first-order valence-electron chi connectivity index (χ1n) is 16.5. The summed E-state index contributed by atoms with van der Waals surface area (Å²) in [5, 5.41) is 8.04. The molecular weight excluding hydrogens is 562 g/mol. The molecule has 3 rings (SSSR count). The van der Waals surface area contributed by atoms with E-state index in [0.29, 0.717) is 12.2 Å². The minimum Gasteiger partial charge on any atom is -0.444 e. The number of benzene rings is 3. The number of nitrogens with one attached hydrogen (secondary N) is 2. The molecule has 7 heteroatoms. The molecular formula is C38H53N3O4. The van der Waals surface area contributed by atoms with Gasteiger partial charge in [0.25, 0.3) is 5.91 Å². The third-order valence-electron chi connectivity index (χ3n) is 7.78. The van der Waals surface area contributed by atoms with Crippen LogP contribution < -0.4 is 10.6 Å². The van der Waals surface area contributed by atoms with Crippen LogP contribution in [-0.4, -0.2) is 41.0 Å². The predicted molar refractivity (Wildman–Crippen MR) is 184 cm³/mol. The minimum atomic E-state index is -0.903. The number of amides is 3. The average Bonchev–Trinajstić information content (AvgIpc) is 2.95. The molecule has 0 saturated heterocycles. The van der Waals surface area contributed by atoms with Crippen LogP contribution in [0.3, 0.4) is 0 Å². The summed E-state index contributed by atoms with van der Waals surface area (Å²) >= 11 is 0. The Balaban J connectivity index is 2.04. The lowest BCUT2D eigenvalue weighted by Crippen LogP contribution is -2.54. The Kier molecular flexibility index (Phi) is 13.0. The maximum atomic E-state index is 14.5. The van der Waals surface area contributed by atoms with Crippen LogP contribution >= 0.6 is 0 Å². The van der Waals surface area contributed by atoms with Crippen molar-refractivity contribution in [3.8, 4) is 0 Å². The summed E-state index contributed by atoms with van der Waals surface area (Å²) in [5.74, 6) is -0.836. The highest BCUT2D eigenvalue weighted by Crippen LogP contribution is 2.29. The van der Waals surface area contributed by atoms with Crippen molar-refractivity contribution in [3.63, 3.8) is 0 Å². The van der Waals surface area contributed by atoms with Crippen LogP contribution in [0.2, 0.25) is 0 Å². The Morgan fingerprint density at radius 3 is 2.07 bits per heavy atom.